The van der Waals surface area contributed by atoms with Crippen molar-refractivity contribution >= 4 is 35.3 Å². The summed E-state index contributed by atoms with van der Waals surface area (Å²) in [5, 5.41) is 21.3. The minimum atomic E-state index is -1.04. The number of urea groups is 1. The van der Waals surface area contributed by atoms with Crippen LogP contribution in [-0.2, 0) is 20.9 Å². The molecule has 2 atom stereocenters. The molecule has 4 rings (SSSR count). The number of nitrogens with one attached hydrogen (secondary N) is 4. The van der Waals surface area contributed by atoms with E-state index in [0.29, 0.717) is 37.3 Å². The molecule has 4 amide bonds. The van der Waals surface area contributed by atoms with E-state index in [9.17, 15) is 19.2 Å². The third-order valence-corrected chi connectivity index (χ3v) is 7.36. The number of unbranched alkanes of at least 4 members (excludes halogenated alkanes) is 1. The summed E-state index contributed by atoms with van der Waals surface area (Å²) in [7, 11) is 0. The zero-order valence-electron chi connectivity index (χ0n) is 23.4. The third-order valence-electron chi connectivity index (χ3n) is 6.48. The summed E-state index contributed by atoms with van der Waals surface area (Å²) in [6.45, 7) is 0.690. The number of carboxylic acid groups (broad SMARTS) is 1. The van der Waals surface area contributed by atoms with Crippen LogP contribution in [0.5, 0.6) is 11.5 Å². The van der Waals surface area contributed by atoms with Crippen LogP contribution in [0.15, 0.2) is 66.0 Å². The van der Waals surface area contributed by atoms with E-state index in [0.717, 1.165) is 16.0 Å². The molecule has 2 aromatic carbocycles. The fourth-order valence-corrected chi connectivity index (χ4v) is 4.96. The van der Waals surface area contributed by atoms with E-state index >= 15 is 0 Å². The lowest BCUT2D eigenvalue weighted by Crippen LogP contribution is -2.50. The first kappa shape index (κ1) is 31.2. The third kappa shape index (κ3) is 9.92. The van der Waals surface area contributed by atoms with Crippen LogP contribution in [0.2, 0.25) is 0 Å². The molecule has 1 aliphatic heterocycles. The lowest BCUT2D eigenvalue weighted by Gasteiger charge is -2.20. The first-order valence-electron chi connectivity index (χ1n) is 13.8. The van der Waals surface area contributed by atoms with Crippen molar-refractivity contribution < 1.29 is 38.5 Å². The van der Waals surface area contributed by atoms with Crippen LogP contribution in [0.4, 0.5) is 9.59 Å². The predicted octanol–water partition coefficient (Wildman–Crippen LogP) is 3.92. The highest BCUT2D eigenvalue weighted by atomic mass is 32.1. The normalized spacial score (nSPS) is 12.9. The Morgan fingerprint density at radius 2 is 1.70 bits per heavy atom. The van der Waals surface area contributed by atoms with Gasteiger partial charge in [-0.1, -0.05) is 42.5 Å². The Morgan fingerprint density at radius 3 is 2.47 bits per heavy atom. The first-order chi connectivity index (χ1) is 20.9. The summed E-state index contributed by atoms with van der Waals surface area (Å²) in [6, 6.07) is 17.1. The first-order valence-corrected chi connectivity index (χ1v) is 14.7. The molecule has 0 unspecified atom stereocenters. The molecule has 228 valence electrons. The Kier molecular flexibility index (Phi) is 11.6. The number of hydrogen-bond donors (Lipinski definition) is 5. The Balaban J connectivity index is 1.27. The standard InChI is InChI=1S/C30H34N4O8S/c35-26(36)13-15-31-29(38)34-23(28(37)33-18-22-9-6-16-43-22)10-4-5-14-32-30(39)42-27(20-7-2-1-3-8-20)21-11-12-24-25(17-21)41-19-40-24/h1-3,6-9,11-12,16-17,23,27H,4-5,10,13-15,18-19H2,(H,32,39)(H,33,37)(H,35,36)(H2,31,34,38)/t23-,27-/m0/s1. The molecule has 1 aliphatic rings. The number of ether oxygens (including phenoxy) is 3. The Labute approximate surface area is 252 Å². The van der Waals surface area contributed by atoms with Crippen LogP contribution in [0.1, 0.15) is 47.8 Å². The highest BCUT2D eigenvalue weighted by Crippen LogP contribution is 2.36. The molecule has 43 heavy (non-hydrogen) atoms. The van der Waals surface area contributed by atoms with Gasteiger partial charge in [0.2, 0.25) is 12.7 Å². The fraction of sp³-hybridized carbons (Fsp3) is 0.333. The Bertz CT molecular complexity index is 1370. The summed E-state index contributed by atoms with van der Waals surface area (Å²) in [5.74, 6) is -0.183. The number of fused-ring (bicyclic) bond motifs is 1. The van der Waals surface area contributed by atoms with Gasteiger partial charge < -0.3 is 40.6 Å². The van der Waals surface area contributed by atoms with Crippen LogP contribution >= 0.6 is 11.3 Å². The number of amides is 4. The average Bonchev–Trinajstić information content (AvgIpc) is 3.70. The molecule has 2 heterocycles. The number of aliphatic carboxylic acids is 1. The van der Waals surface area contributed by atoms with Gasteiger partial charge in [0, 0.05) is 23.5 Å². The summed E-state index contributed by atoms with van der Waals surface area (Å²) in [4.78, 5) is 49.6. The van der Waals surface area contributed by atoms with Crippen molar-refractivity contribution in [2.45, 2.75) is 44.4 Å². The summed E-state index contributed by atoms with van der Waals surface area (Å²) >= 11 is 1.50. The molecule has 0 radical (unpaired) electrons. The summed E-state index contributed by atoms with van der Waals surface area (Å²) < 4.78 is 16.7. The number of hydrogen-bond acceptors (Lipinski definition) is 8. The zero-order chi connectivity index (χ0) is 30.4. The SMILES string of the molecule is O=C(O)CCNC(=O)N[C@@H](CCCCNC(=O)O[C@@H](c1ccccc1)c1ccc2c(c1)OCO2)C(=O)NCc1cccs1. The molecule has 1 aromatic heterocycles. The van der Waals surface area contributed by atoms with Gasteiger partial charge in [0.15, 0.2) is 17.6 Å². The Morgan fingerprint density at radius 1 is 0.884 bits per heavy atom. The van der Waals surface area contributed by atoms with E-state index < -0.39 is 30.2 Å². The zero-order valence-corrected chi connectivity index (χ0v) is 24.2. The monoisotopic (exact) mass is 610 g/mol. The van der Waals surface area contributed by atoms with Gasteiger partial charge in [-0.15, -0.1) is 11.3 Å². The maximum absolute atomic E-state index is 12.8. The molecule has 13 heteroatoms. The van der Waals surface area contributed by atoms with Gasteiger partial charge in [0.25, 0.3) is 0 Å². The lowest BCUT2D eigenvalue weighted by atomic mass is 10.0. The lowest BCUT2D eigenvalue weighted by molar-refractivity contribution is -0.136. The average molecular weight is 611 g/mol. The number of benzene rings is 2. The largest absolute Gasteiger partial charge is 0.481 e. The summed E-state index contributed by atoms with van der Waals surface area (Å²) in [5.41, 5.74) is 1.52. The Hall–Kier alpha value is -4.78. The van der Waals surface area contributed by atoms with Crippen molar-refractivity contribution in [3.8, 4) is 11.5 Å². The molecule has 0 bridgehead atoms. The molecular formula is C30H34N4O8S. The van der Waals surface area contributed by atoms with Gasteiger partial charge in [-0.25, -0.2) is 9.59 Å². The maximum atomic E-state index is 12.8. The van der Waals surface area contributed by atoms with Crippen LogP contribution < -0.4 is 30.7 Å². The van der Waals surface area contributed by atoms with Crippen molar-refractivity contribution in [1.29, 1.82) is 0 Å². The summed E-state index contributed by atoms with van der Waals surface area (Å²) in [6.07, 6.45) is -0.167. The fourth-order valence-electron chi connectivity index (χ4n) is 4.32. The van der Waals surface area contributed by atoms with Crippen molar-refractivity contribution in [2.75, 3.05) is 19.9 Å². The molecule has 0 saturated heterocycles. The van der Waals surface area contributed by atoms with Gasteiger partial charge in [0.1, 0.15) is 6.04 Å². The maximum Gasteiger partial charge on any atom is 0.408 e. The highest BCUT2D eigenvalue weighted by molar-refractivity contribution is 7.09. The van der Waals surface area contributed by atoms with Crippen molar-refractivity contribution in [2.24, 2.45) is 0 Å². The molecule has 0 fully saturated rings. The van der Waals surface area contributed by atoms with Crippen molar-refractivity contribution in [1.82, 2.24) is 21.3 Å². The molecule has 5 N–H and O–H groups in total. The molecule has 0 aliphatic carbocycles. The van der Waals surface area contributed by atoms with Gasteiger partial charge in [0.05, 0.1) is 13.0 Å². The van der Waals surface area contributed by atoms with E-state index in [1.54, 1.807) is 12.1 Å². The number of thiophene rings is 1. The number of carbonyl (C=O) groups excluding carboxylic acids is 3. The number of alkyl carbamates (subject to hydrolysis) is 1. The minimum absolute atomic E-state index is 0.0625. The highest BCUT2D eigenvalue weighted by Gasteiger charge is 2.23. The predicted molar refractivity (Wildman–Crippen MR) is 158 cm³/mol. The van der Waals surface area contributed by atoms with E-state index in [1.807, 2.05) is 53.9 Å². The van der Waals surface area contributed by atoms with Crippen LogP contribution in [0.25, 0.3) is 0 Å². The second kappa shape index (κ2) is 16.0. The molecular weight excluding hydrogens is 576 g/mol. The molecule has 3 aromatic rings. The number of carboxylic acids is 1. The number of carbonyl (C=O) groups is 4. The van der Waals surface area contributed by atoms with Crippen molar-refractivity contribution in [3.63, 3.8) is 0 Å². The van der Waals surface area contributed by atoms with E-state index in [-0.39, 0.29) is 32.2 Å². The quantitative estimate of drug-likeness (QED) is 0.162. The number of rotatable bonds is 15. The van der Waals surface area contributed by atoms with Crippen molar-refractivity contribution in [3.05, 3.63) is 82.0 Å². The van der Waals surface area contributed by atoms with Crippen LogP contribution in [0, 0.1) is 0 Å². The second-order valence-electron chi connectivity index (χ2n) is 9.63. The van der Waals surface area contributed by atoms with Gasteiger partial charge in [-0.3, -0.25) is 9.59 Å². The van der Waals surface area contributed by atoms with E-state index in [4.69, 9.17) is 19.3 Å². The molecule has 0 spiro atoms. The van der Waals surface area contributed by atoms with Gasteiger partial charge in [-0.2, -0.15) is 0 Å². The topological polar surface area (TPSA) is 164 Å². The van der Waals surface area contributed by atoms with Crippen LogP contribution in [0.3, 0.4) is 0 Å². The van der Waals surface area contributed by atoms with Crippen LogP contribution in [-0.4, -0.2) is 55.0 Å². The molecule has 0 saturated carbocycles. The minimum Gasteiger partial charge on any atom is -0.481 e. The van der Waals surface area contributed by atoms with Gasteiger partial charge >= 0.3 is 18.1 Å². The smallest absolute Gasteiger partial charge is 0.408 e. The molecule has 12 nitrogen and oxygen atoms in total. The van der Waals surface area contributed by atoms with E-state index in [1.165, 1.54) is 11.3 Å². The second-order valence-corrected chi connectivity index (χ2v) is 10.7. The van der Waals surface area contributed by atoms with E-state index in [2.05, 4.69) is 21.3 Å². The van der Waals surface area contributed by atoms with Gasteiger partial charge in [-0.05, 0) is 48.4 Å².